The minimum atomic E-state index is 0.570. The Bertz CT molecular complexity index is 311. The summed E-state index contributed by atoms with van der Waals surface area (Å²) in [4.78, 5) is 4.15. The average Bonchev–Trinajstić information content (AvgIpc) is 2.22. The summed E-state index contributed by atoms with van der Waals surface area (Å²) in [6.45, 7) is 5.29. The molecule has 0 aliphatic carbocycles. The quantitative estimate of drug-likeness (QED) is 0.813. The number of nitrogen functional groups attached to an aromatic ring is 1. The predicted molar refractivity (Wildman–Crippen MR) is 66.2 cm³/mol. The maximum Gasteiger partial charge on any atom is 0.149 e. The predicted octanol–water partition coefficient (Wildman–Crippen LogP) is 3.17. The van der Waals surface area contributed by atoms with Gasteiger partial charge in [0, 0.05) is 12.7 Å². The Balaban J connectivity index is 2.57. The van der Waals surface area contributed by atoms with Crippen LogP contribution < -0.4 is 11.1 Å². The van der Waals surface area contributed by atoms with Crippen LogP contribution in [-0.4, -0.2) is 11.5 Å². The number of nitrogens with two attached hydrogens (primary N) is 1. The molecule has 0 aromatic carbocycles. The lowest BCUT2D eigenvalue weighted by molar-refractivity contribution is 0.518. The molecule has 1 heterocycles. The van der Waals surface area contributed by atoms with Crippen molar-refractivity contribution >= 4 is 23.1 Å². The number of halogens is 1. The third-order valence-corrected chi connectivity index (χ3v) is 2.80. The normalized spacial score (nSPS) is 10.7. The Morgan fingerprint density at radius 1 is 1.47 bits per heavy atom. The zero-order chi connectivity index (χ0) is 11.3. The first-order valence-corrected chi connectivity index (χ1v) is 5.70. The second-order valence-electron chi connectivity index (χ2n) is 3.65. The highest BCUT2D eigenvalue weighted by atomic mass is 35.5. The van der Waals surface area contributed by atoms with E-state index in [0.29, 0.717) is 16.6 Å². The molecule has 0 amide bonds. The SMILES string of the molecule is CCC(CC)CNc1ncc(Cl)cc1N. The van der Waals surface area contributed by atoms with Gasteiger partial charge < -0.3 is 11.1 Å². The summed E-state index contributed by atoms with van der Waals surface area (Å²) in [7, 11) is 0. The van der Waals surface area contributed by atoms with E-state index >= 15 is 0 Å². The van der Waals surface area contributed by atoms with Gasteiger partial charge in [0.25, 0.3) is 0 Å². The third kappa shape index (κ3) is 3.59. The van der Waals surface area contributed by atoms with Crippen LogP contribution in [0.4, 0.5) is 11.5 Å². The molecule has 1 aromatic rings. The van der Waals surface area contributed by atoms with Crippen LogP contribution in [0, 0.1) is 5.92 Å². The molecule has 0 atom stereocenters. The Kier molecular flexibility index (Phi) is 4.69. The minimum Gasteiger partial charge on any atom is -0.396 e. The van der Waals surface area contributed by atoms with Gasteiger partial charge in [0.1, 0.15) is 5.82 Å². The van der Waals surface area contributed by atoms with Crippen LogP contribution in [0.25, 0.3) is 0 Å². The highest BCUT2D eigenvalue weighted by Crippen LogP contribution is 2.20. The van der Waals surface area contributed by atoms with Gasteiger partial charge >= 0.3 is 0 Å². The van der Waals surface area contributed by atoms with Crippen molar-refractivity contribution < 1.29 is 0 Å². The summed E-state index contributed by atoms with van der Waals surface area (Å²) in [5, 5.41) is 3.82. The van der Waals surface area contributed by atoms with Gasteiger partial charge in [-0.1, -0.05) is 38.3 Å². The smallest absolute Gasteiger partial charge is 0.149 e. The molecule has 84 valence electrons. The van der Waals surface area contributed by atoms with Gasteiger partial charge in [-0.2, -0.15) is 0 Å². The minimum absolute atomic E-state index is 0.570. The second-order valence-corrected chi connectivity index (χ2v) is 4.09. The highest BCUT2D eigenvalue weighted by molar-refractivity contribution is 6.30. The van der Waals surface area contributed by atoms with Crippen molar-refractivity contribution in [2.24, 2.45) is 5.92 Å². The lowest BCUT2D eigenvalue weighted by Crippen LogP contribution is -2.14. The molecule has 1 aromatic heterocycles. The zero-order valence-corrected chi connectivity index (χ0v) is 10.0. The maximum absolute atomic E-state index is 5.78. The fourth-order valence-electron chi connectivity index (χ4n) is 1.42. The zero-order valence-electron chi connectivity index (χ0n) is 9.26. The number of hydrogen-bond donors (Lipinski definition) is 2. The van der Waals surface area contributed by atoms with Crippen LogP contribution in [0.3, 0.4) is 0 Å². The molecular formula is C11H18ClN3. The van der Waals surface area contributed by atoms with E-state index < -0.39 is 0 Å². The molecule has 3 nitrogen and oxygen atoms in total. The highest BCUT2D eigenvalue weighted by Gasteiger charge is 2.05. The number of pyridine rings is 1. The van der Waals surface area contributed by atoms with Crippen LogP contribution in [0.15, 0.2) is 12.3 Å². The summed E-state index contributed by atoms with van der Waals surface area (Å²) < 4.78 is 0. The molecule has 1 rings (SSSR count). The molecule has 0 unspecified atom stereocenters. The van der Waals surface area contributed by atoms with Crippen molar-refractivity contribution in [3.05, 3.63) is 17.3 Å². The first-order valence-electron chi connectivity index (χ1n) is 5.32. The lowest BCUT2D eigenvalue weighted by Gasteiger charge is -2.14. The first kappa shape index (κ1) is 12.1. The third-order valence-electron chi connectivity index (χ3n) is 2.60. The molecule has 0 aliphatic heterocycles. The van der Waals surface area contributed by atoms with Crippen LogP contribution in [0.5, 0.6) is 0 Å². The number of rotatable bonds is 5. The Morgan fingerprint density at radius 2 is 2.13 bits per heavy atom. The maximum atomic E-state index is 5.78. The van der Waals surface area contributed by atoms with Gasteiger partial charge in [-0.05, 0) is 12.0 Å². The van der Waals surface area contributed by atoms with Gasteiger partial charge in [0.2, 0.25) is 0 Å². The molecule has 0 fully saturated rings. The molecular weight excluding hydrogens is 210 g/mol. The number of hydrogen-bond acceptors (Lipinski definition) is 3. The number of aromatic nitrogens is 1. The van der Waals surface area contributed by atoms with Crippen molar-refractivity contribution in [3.8, 4) is 0 Å². The standard InChI is InChI=1S/C11H18ClN3/c1-3-8(4-2)6-14-11-10(13)5-9(12)7-15-11/h5,7-8H,3-4,6,13H2,1-2H3,(H,14,15). The summed E-state index contributed by atoms with van der Waals surface area (Å²) in [5.41, 5.74) is 6.39. The summed E-state index contributed by atoms with van der Waals surface area (Å²) in [6, 6.07) is 1.71. The molecule has 0 saturated heterocycles. The number of nitrogens with zero attached hydrogens (tertiary/aromatic N) is 1. The van der Waals surface area contributed by atoms with E-state index in [0.717, 1.165) is 25.2 Å². The van der Waals surface area contributed by atoms with Crippen molar-refractivity contribution in [1.82, 2.24) is 4.98 Å². The molecule has 4 heteroatoms. The van der Waals surface area contributed by atoms with Crippen LogP contribution in [-0.2, 0) is 0 Å². The molecule has 0 saturated carbocycles. The van der Waals surface area contributed by atoms with Crippen molar-refractivity contribution in [2.75, 3.05) is 17.6 Å². The number of anilines is 2. The van der Waals surface area contributed by atoms with Gasteiger partial charge in [0.15, 0.2) is 0 Å². The first-order chi connectivity index (χ1) is 7.17. The van der Waals surface area contributed by atoms with E-state index in [1.807, 2.05) is 0 Å². The van der Waals surface area contributed by atoms with E-state index in [-0.39, 0.29) is 0 Å². The van der Waals surface area contributed by atoms with Gasteiger partial charge in [0.05, 0.1) is 10.7 Å². The van der Waals surface area contributed by atoms with Gasteiger partial charge in [-0.15, -0.1) is 0 Å². The van der Waals surface area contributed by atoms with Crippen molar-refractivity contribution in [3.63, 3.8) is 0 Å². The Morgan fingerprint density at radius 3 is 2.67 bits per heavy atom. The second kappa shape index (κ2) is 5.81. The van der Waals surface area contributed by atoms with Crippen molar-refractivity contribution in [2.45, 2.75) is 26.7 Å². The van der Waals surface area contributed by atoms with E-state index in [1.165, 1.54) is 0 Å². The number of nitrogens with one attached hydrogen (secondary N) is 1. The molecule has 3 N–H and O–H groups in total. The molecule has 0 bridgehead atoms. The summed E-state index contributed by atoms with van der Waals surface area (Å²) in [5.74, 6) is 1.40. The fraction of sp³-hybridized carbons (Fsp3) is 0.545. The fourth-order valence-corrected chi connectivity index (χ4v) is 1.59. The van der Waals surface area contributed by atoms with Crippen LogP contribution >= 0.6 is 11.6 Å². The molecule has 0 radical (unpaired) electrons. The molecule has 0 aliphatic rings. The summed E-state index contributed by atoms with van der Waals surface area (Å²) in [6.07, 6.45) is 3.93. The van der Waals surface area contributed by atoms with Gasteiger partial charge in [-0.25, -0.2) is 4.98 Å². The molecule has 0 spiro atoms. The van der Waals surface area contributed by atoms with Crippen LogP contribution in [0.1, 0.15) is 26.7 Å². The summed E-state index contributed by atoms with van der Waals surface area (Å²) >= 11 is 5.76. The topological polar surface area (TPSA) is 50.9 Å². The van der Waals surface area contributed by atoms with E-state index in [1.54, 1.807) is 12.3 Å². The lowest BCUT2D eigenvalue weighted by atomic mass is 10.0. The monoisotopic (exact) mass is 227 g/mol. The van der Waals surface area contributed by atoms with Gasteiger partial charge in [-0.3, -0.25) is 0 Å². The van der Waals surface area contributed by atoms with E-state index in [4.69, 9.17) is 17.3 Å². The molecule has 15 heavy (non-hydrogen) atoms. The average molecular weight is 228 g/mol. The van der Waals surface area contributed by atoms with E-state index in [9.17, 15) is 0 Å². The largest absolute Gasteiger partial charge is 0.396 e. The van der Waals surface area contributed by atoms with Crippen LogP contribution in [0.2, 0.25) is 5.02 Å². The Labute approximate surface area is 96.0 Å². The van der Waals surface area contributed by atoms with E-state index in [2.05, 4.69) is 24.1 Å². The Hall–Kier alpha value is -0.960. The van der Waals surface area contributed by atoms with Crippen molar-refractivity contribution in [1.29, 1.82) is 0 Å².